The van der Waals surface area contributed by atoms with Crippen molar-refractivity contribution >= 4 is 16.8 Å². The molecule has 0 aliphatic rings. The van der Waals surface area contributed by atoms with Crippen molar-refractivity contribution in [1.82, 2.24) is 10.3 Å². The van der Waals surface area contributed by atoms with E-state index in [9.17, 15) is 4.79 Å². The van der Waals surface area contributed by atoms with Crippen LogP contribution in [0, 0.1) is 5.92 Å². The Morgan fingerprint density at radius 3 is 2.78 bits per heavy atom. The lowest BCUT2D eigenvalue weighted by Gasteiger charge is -2.15. The molecule has 0 saturated heterocycles. The molecule has 2 aromatic rings. The van der Waals surface area contributed by atoms with E-state index in [0.717, 1.165) is 10.9 Å². The molecule has 0 aliphatic heterocycles. The van der Waals surface area contributed by atoms with Crippen molar-refractivity contribution in [1.29, 1.82) is 0 Å². The van der Waals surface area contributed by atoms with E-state index in [2.05, 4.69) is 10.3 Å². The van der Waals surface area contributed by atoms with E-state index in [1.54, 1.807) is 0 Å². The summed E-state index contributed by atoms with van der Waals surface area (Å²) in [6.07, 6.45) is 0. The molecule has 4 nitrogen and oxygen atoms in total. The largest absolute Gasteiger partial charge is 0.351 e. The predicted octanol–water partition coefficient (Wildman–Crippen LogP) is 1.88. The summed E-state index contributed by atoms with van der Waals surface area (Å²) in [6.45, 7) is 4.57. The van der Waals surface area contributed by atoms with Crippen molar-refractivity contribution in [3.63, 3.8) is 0 Å². The zero-order valence-electron chi connectivity index (χ0n) is 10.7. The predicted molar refractivity (Wildman–Crippen MR) is 73.4 cm³/mol. The number of para-hydroxylation sites is 1. The Morgan fingerprint density at radius 2 is 2.11 bits per heavy atom. The molecular formula is C14H19N3O. The van der Waals surface area contributed by atoms with Crippen molar-refractivity contribution in [2.24, 2.45) is 11.7 Å². The SMILES string of the molecule is CC(C)C(N)CNC(=O)c1cc2ccccc2[nH]1. The van der Waals surface area contributed by atoms with E-state index in [0.29, 0.717) is 18.2 Å². The molecule has 18 heavy (non-hydrogen) atoms. The molecule has 4 heteroatoms. The van der Waals surface area contributed by atoms with Crippen molar-refractivity contribution in [3.05, 3.63) is 36.0 Å². The monoisotopic (exact) mass is 245 g/mol. The van der Waals surface area contributed by atoms with Gasteiger partial charge in [0, 0.05) is 23.5 Å². The van der Waals surface area contributed by atoms with Crippen LogP contribution < -0.4 is 11.1 Å². The van der Waals surface area contributed by atoms with Gasteiger partial charge in [0.2, 0.25) is 0 Å². The van der Waals surface area contributed by atoms with E-state index < -0.39 is 0 Å². The Labute approximate surface area is 107 Å². The van der Waals surface area contributed by atoms with Crippen molar-refractivity contribution in [3.8, 4) is 0 Å². The number of fused-ring (bicyclic) bond motifs is 1. The van der Waals surface area contributed by atoms with E-state index in [-0.39, 0.29) is 11.9 Å². The van der Waals surface area contributed by atoms with E-state index >= 15 is 0 Å². The highest BCUT2D eigenvalue weighted by Gasteiger charge is 2.12. The van der Waals surface area contributed by atoms with Gasteiger partial charge in [-0.05, 0) is 18.1 Å². The minimum absolute atomic E-state index is 0.0154. The van der Waals surface area contributed by atoms with Gasteiger partial charge >= 0.3 is 0 Å². The Kier molecular flexibility index (Phi) is 3.67. The first kappa shape index (κ1) is 12.6. The van der Waals surface area contributed by atoms with Crippen LogP contribution in [-0.4, -0.2) is 23.5 Å². The first-order valence-electron chi connectivity index (χ1n) is 6.19. The summed E-state index contributed by atoms with van der Waals surface area (Å²) in [6, 6.07) is 9.65. The zero-order valence-corrected chi connectivity index (χ0v) is 10.7. The van der Waals surface area contributed by atoms with Crippen molar-refractivity contribution in [2.75, 3.05) is 6.54 Å². The van der Waals surface area contributed by atoms with Gasteiger partial charge in [-0.25, -0.2) is 0 Å². The van der Waals surface area contributed by atoms with Gasteiger partial charge in [0.1, 0.15) is 5.69 Å². The standard InChI is InChI=1S/C14H19N3O/c1-9(2)11(15)8-16-14(18)13-7-10-5-3-4-6-12(10)17-13/h3-7,9,11,17H,8,15H2,1-2H3,(H,16,18). The topological polar surface area (TPSA) is 70.9 Å². The summed E-state index contributed by atoms with van der Waals surface area (Å²) in [5.74, 6) is 0.246. The highest BCUT2D eigenvalue weighted by molar-refractivity contribution is 5.97. The van der Waals surface area contributed by atoms with Crippen LogP contribution >= 0.6 is 0 Å². The normalized spacial score (nSPS) is 12.9. The smallest absolute Gasteiger partial charge is 0.267 e. The molecule has 0 aliphatic carbocycles. The fraction of sp³-hybridized carbons (Fsp3) is 0.357. The average molecular weight is 245 g/mol. The van der Waals surface area contributed by atoms with Gasteiger partial charge in [-0.15, -0.1) is 0 Å². The molecule has 1 heterocycles. The van der Waals surface area contributed by atoms with Crippen molar-refractivity contribution in [2.45, 2.75) is 19.9 Å². The van der Waals surface area contributed by atoms with Crippen LogP contribution in [0.4, 0.5) is 0 Å². The molecule has 1 aromatic heterocycles. The van der Waals surface area contributed by atoms with Crippen molar-refractivity contribution < 1.29 is 4.79 Å². The Balaban J connectivity index is 2.05. The molecule has 96 valence electrons. The van der Waals surface area contributed by atoms with Crippen LogP contribution in [0.15, 0.2) is 30.3 Å². The van der Waals surface area contributed by atoms with Gasteiger partial charge in [0.25, 0.3) is 5.91 Å². The lowest BCUT2D eigenvalue weighted by Crippen LogP contribution is -2.40. The number of nitrogens with one attached hydrogen (secondary N) is 2. The molecule has 1 aromatic carbocycles. The first-order chi connectivity index (χ1) is 8.58. The lowest BCUT2D eigenvalue weighted by atomic mass is 10.1. The number of amides is 1. The van der Waals surface area contributed by atoms with Gasteiger partial charge in [0.15, 0.2) is 0 Å². The molecule has 0 saturated carbocycles. The minimum Gasteiger partial charge on any atom is -0.351 e. The fourth-order valence-corrected chi connectivity index (χ4v) is 1.74. The second kappa shape index (κ2) is 5.23. The number of carbonyl (C=O) groups excluding carboxylic acids is 1. The maximum absolute atomic E-state index is 11.9. The molecule has 0 radical (unpaired) electrons. The Morgan fingerprint density at radius 1 is 1.39 bits per heavy atom. The molecule has 1 amide bonds. The fourth-order valence-electron chi connectivity index (χ4n) is 1.74. The molecule has 0 spiro atoms. The van der Waals surface area contributed by atoms with Crippen LogP contribution in [0.2, 0.25) is 0 Å². The maximum Gasteiger partial charge on any atom is 0.267 e. The molecule has 1 atom stereocenters. The number of nitrogens with two attached hydrogens (primary N) is 1. The second-order valence-corrected chi connectivity index (χ2v) is 4.89. The number of carbonyl (C=O) groups is 1. The maximum atomic E-state index is 11.9. The molecule has 1 unspecified atom stereocenters. The third-order valence-corrected chi connectivity index (χ3v) is 3.13. The molecule has 2 rings (SSSR count). The summed E-state index contributed by atoms with van der Waals surface area (Å²) < 4.78 is 0. The van der Waals surface area contributed by atoms with Crippen LogP contribution in [0.25, 0.3) is 10.9 Å². The number of H-pyrrole nitrogens is 1. The minimum atomic E-state index is -0.109. The van der Waals surface area contributed by atoms with Gasteiger partial charge in [-0.2, -0.15) is 0 Å². The number of hydrogen-bond acceptors (Lipinski definition) is 2. The highest BCUT2D eigenvalue weighted by atomic mass is 16.1. The van der Waals surface area contributed by atoms with E-state index in [1.165, 1.54) is 0 Å². The van der Waals surface area contributed by atoms with Crippen LogP contribution in [0.1, 0.15) is 24.3 Å². The summed E-state index contributed by atoms with van der Waals surface area (Å²) in [5, 5.41) is 3.88. The molecule has 0 bridgehead atoms. The summed E-state index contributed by atoms with van der Waals surface area (Å²) in [5.41, 5.74) is 7.44. The quantitative estimate of drug-likeness (QED) is 0.769. The van der Waals surface area contributed by atoms with Gasteiger partial charge < -0.3 is 16.0 Å². The van der Waals surface area contributed by atoms with Crippen LogP contribution in [0.3, 0.4) is 0 Å². The number of aromatic amines is 1. The van der Waals surface area contributed by atoms with E-state index in [1.807, 2.05) is 44.2 Å². The first-order valence-corrected chi connectivity index (χ1v) is 6.19. The van der Waals surface area contributed by atoms with Gasteiger partial charge in [-0.3, -0.25) is 4.79 Å². The summed E-state index contributed by atoms with van der Waals surface area (Å²) >= 11 is 0. The Hall–Kier alpha value is -1.81. The molecule has 0 fully saturated rings. The average Bonchev–Trinajstić information content (AvgIpc) is 2.79. The lowest BCUT2D eigenvalue weighted by molar-refractivity contribution is 0.0945. The van der Waals surface area contributed by atoms with Gasteiger partial charge in [-0.1, -0.05) is 32.0 Å². The summed E-state index contributed by atoms with van der Waals surface area (Å²) in [7, 11) is 0. The van der Waals surface area contributed by atoms with Crippen LogP contribution in [-0.2, 0) is 0 Å². The summed E-state index contributed by atoms with van der Waals surface area (Å²) in [4.78, 5) is 15.0. The Bertz CT molecular complexity index is 512. The van der Waals surface area contributed by atoms with Gasteiger partial charge in [0.05, 0.1) is 0 Å². The zero-order chi connectivity index (χ0) is 13.1. The number of hydrogen-bond donors (Lipinski definition) is 3. The number of rotatable bonds is 4. The molecular weight excluding hydrogens is 226 g/mol. The third kappa shape index (κ3) is 2.71. The number of aromatic nitrogens is 1. The second-order valence-electron chi connectivity index (χ2n) is 4.89. The number of benzene rings is 1. The van der Waals surface area contributed by atoms with Crippen LogP contribution in [0.5, 0.6) is 0 Å². The molecule has 4 N–H and O–H groups in total. The third-order valence-electron chi connectivity index (χ3n) is 3.13. The highest BCUT2D eigenvalue weighted by Crippen LogP contribution is 2.14. The van der Waals surface area contributed by atoms with E-state index in [4.69, 9.17) is 5.73 Å².